The van der Waals surface area contributed by atoms with Crippen LogP contribution < -0.4 is 10.1 Å². The fourth-order valence-electron chi connectivity index (χ4n) is 2.28. The van der Waals surface area contributed by atoms with Crippen LogP contribution in [0.4, 0.5) is 5.69 Å². The van der Waals surface area contributed by atoms with Crippen molar-refractivity contribution in [2.75, 3.05) is 32.1 Å². The fourth-order valence-corrected chi connectivity index (χ4v) is 2.28. The van der Waals surface area contributed by atoms with Gasteiger partial charge in [0.15, 0.2) is 0 Å². The van der Waals surface area contributed by atoms with E-state index in [4.69, 9.17) is 4.74 Å². The zero-order chi connectivity index (χ0) is 15.6. The number of nitrogens with zero attached hydrogens (tertiary/aromatic N) is 1. The molecule has 0 fully saturated rings. The summed E-state index contributed by atoms with van der Waals surface area (Å²) < 4.78 is 5.65. The van der Waals surface area contributed by atoms with E-state index in [1.54, 1.807) is 0 Å². The average Bonchev–Trinajstić information content (AvgIpc) is 2.54. The van der Waals surface area contributed by atoms with Crippen LogP contribution >= 0.6 is 0 Å². The Kier molecular flexibility index (Phi) is 6.78. The molecular formula is C19H26N2O. The molecule has 0 bridgehead atoms. The molecule has 2 aromatic carbocycles. The van der Waals surface area contributed by atoms with Gasteiger partial charge in [-0.25, -0.2) is 0 Å². The topological polar surface area (TPSA) is 24.5 Å². The summed E-state index contributed by atoms with van der Waals surface area (Å²) in [5.41, 5.74) is 2.46. The van der Waals surface area contributed by atoms with E-state index in [2.05, 4.69) is 66.7 Å². The molecule has 2 aromatic rings. The van der Waals surface area contributed by atoms with Gasteiger partial charge in [-0.05, 0) is 31.2 Å². The lowest BCUT2D eigenvalue weighted by Gasteiger charge is -2.17. The lowest BCUT2D eigenvalue weighted by molar-refractivity contribution is 0.317. The van der Waals surface area contributed by atoms with Crippen molar-refractivity contribution >= 4 is 5.69 Å². The van der Waals surface area contributed by atoms with Gasteiger partial charge in [0, 0.05) is 31.4 Å². The maximum atomic E-state index is 5.65. The van der Waals surface area contributed by atoms with E-state index in [0.717, 1.165) is 44.1 Å². The molecule has 3 heteroatoms. The highest BCUT2D eigenvalue weighted by atomic mass is 16.5. The summed E-state index contributed by atoms with van der Waals surface area (Å²) >= 11 is 0. The quantitative estimate of drug-likeness (QED) is 0.757. The van der Waals surface area contributed by atoms with E-state index in [-0.39, 0.29) is 0 Å². The number of anilines is 1. The minimum absolute atomic E-state index is 0.767. The summed E-state index contributed by atoms with van der Waals surface area (Å²) in [5, 5.41) is 3.46. The first-order valence-corrected chi connectivity index (χ1v) is 7.97. The third-order valence-electron chi connectivity index (χ3n) is 3.42. The van der Waals surface area contributed by atoms with Gasteiger partial charge in [0.25, 0.3) is 0 Å². The molecule has 0 amide bonds. The highest BCUT2D eigenvalue weighted by molar-refractivity contribution is 5.48. The van der Waals surface area contributed by atoms with Gasteiger partial charge in [-0.3, -0.25) is 0 Å². The molecule has 118 valence electrons. The second-order valence-corrected chi connectivity index (χ2v) is 5.53. The van der Waals surface area contributed by atoms with Gasteiger partial charge in [0.1, 0.15) is 5.75 Å². The van der Waals surface area contributed by atoms with Gasteiger partial charge in [-0.2, -0.15) is 0 Å². The highest BCUT2D eigenvalue weighted by Crippen LogP contribution is 2.17. The van der Waals surface area contributed by atoms with Crippen molar-refractivity contribution in [2.45, 2.75) is 19.9 Å². The van der Waals surface area contributed by atoms with Crippen molar-refractivity contribution in [3.63, 3.8) is 0 Å². The Hall–Kier alpha value is -2.00. The maximum absolute atomic E-state index is 5.65. The van der Waals surface area contributed by atoms with Gasteiger partial charge in [0.2, 0.25) is 0 Å². The fraction of sp³-hybridized carbons (Fsp3) is 0.368. The van der Waals surface area contributed by atoms with Crippen molar-refractivity contribution in [3.8, 4) is 5.75 Å². The molecule has 0 aromatic heterocycles. The van der Waals surface area contributed by atoms with Crippen molar-refractivity contribution in [1.82, 2.24) is 4.90 Å². The van der Waals surface area contributed by atoms with Crippen LogP contribution in [0.5, 0.6) is 5.75 Å². The van der Waals surface area contributed by atoms with Crippen molar-refractivity contribution in [2.24, 2.45) is 0 Å². The summed E-state index contributed by atoms with van der Waals surface area (Å²) in [7, 11) is 2.15. The number of likely N-dealkylation sites (N-methyl/N-ethyl adjacent to an activating group) is 1. The molecule has 0 spiro atoms. The van der Waals surface area contributed by atoms with Gasteiger partial charge in [0.05, 0.1) is 6.61 Å². The summed E-state index contributed by atoms with van der Waals surface area (Å²) in [6.07, 6.45) is 1.03. The summed E-state index contributed by atoms with van der Waals surface area (Å²) in [4.78, 5) is 2.32. The Bertz CT molecular complexity index is 542. The van der Waals surface area contributed by atoms with E-state index in [9.17, 15) is 0 Å². The minimum atomic E-state index is 0.767. The Labute approximate surface area is 133 Å². The third-order valence-corrected chi connectivity index (χ3v) is 3.42. The molecule has 0 saturated carbocycles. The van der Waals surface area contributed by atoms with E-state index in [0.29, 0.717) is 0 Å². The summed E-state index contributed by atoms with van der Waals surface area (Å²) in [5.74, 6) is 0.935. The minimum Gasteiger partial charge on any atom is -0.494 e. The van der Waals surface area contributed by atoms with Crippen LogP contribution in [0, 0.1) is 0 Å². The van der Waals surface area contributed by atoms with Crippen LogP contribution in [0.15, 0.2) is 54.6 Å². The lowest BCUT2D eigenvalue weighted by atomic mass is 10.2. The number of rotatable bonds is 9. The monoisotopic (exact) mass is 298 g/mol. The predicted octanol–water partition coefficient (Wildman–Crippen LogP) is 4.02. The largest absolute Gasteiger partial charge is 0.494 e. The summed E-state index contributed by atoms with van der Waals surface area (Å²) in [6, 6.07) is 18.7. The molecule has 1 N–H and O–H groups in total. The SMILES string of the molecule is CCCOc1cccc(NCCN(C)Cc2ccccc2)c1. The molecular weight excluding hydrogens is 272 g/mol. The van der Waals surface area contributed by atoms with Crippen LogP contribution in [0.2, 0.25) is 0 Å². The maximum Gasteiger partial charge on any atom is 0.121 e. The molecule has 0 radical (unpaired) electrons. The Morgan fingerprint density at radius 3 is 2.64 bits per heavy atom. The number of hydrogen-bond acceptors (Lipinski definition) is 3. The normalized spacial score (nSPS) is 10.7. The molecule has 0 aliphatic rings. The van der Waals surface area contributed by atoms with Crippen molar-refractivity contribution < 1.29 is 4.74 Å². The molecule has 22 heavy (non-hydrogen) atoms. The van der Waals surface area contributed by atoms with Gasteiger partial charge < -0.3 is 15.0 Å². The molecule has 0 aliphatic heterocycles. The standard InChI is InChI=1S/C19H26N2O/c1-3-14-22-19-11-7-10-18(15-19)20-12-13-21(2)16-17-8-5-4-6-9-17/h4-11,15,20H,3,12-14,16H2,1-2H3. The van der Waals surface area contributed by atoms with Gasteiger partial charge >= 0.3 is 0 Å². The van der Waals surface area contributed by atoms with Crippen LogP contribution in [0.3, 0.4) is 0 Å². The second kappa shape index (κ2) is 9.11. The Balaban J connectivity index is 1.73. The van der Waals surface area contributed by atoms with E-state index in [1.807, 2.05) is 12.1 Å². The van der Waals surface area contributed by atoms with Gasteiger partial charge in [-0.1, -0.05) is 43.3 Å². The number of benzene rings is 2. The average molecular weight is 298 g/mol. The second-order valence-electron chi connectivity index (χ2n) is 5.53. The van der Waals surface area contributed by atoms with Gasteiger partial charge in [-0.15, -0.1) is 0 Å². The molecule has 0 saturated heterocycles. The van der Waals surface area contributed by atoms with E-state index >= 15 is 0 Å². The summed E-state index contributed by atoms with van der Waals surface area (Å²) in [6.45, 7) is 5.77. The smallest absolute Gasteiger partial charge is 0.121 e. The molecule has 0 aliphatic carbocycles. The molecule has 0 atom stereocenters. The number of hydrogen-bond donors (Lipinski definition) is 1. The molecule has 3 nitrogen and oxygen atoms in total. The lowest BCUT2D eigenvalue weighted by Crippen LogP contribution is -2.24. The first-order valence-electron chi connectivity index (χ1n) is 7.97. The van der Waals surface area contributed by atoms with E-state index in [1.165, 1.54) is 5.56 Å². The number of nitrogens with one attached hydrogen (secondary N) is 1. The van der Waals surface area contributed by atoms with Crippen LogP contribution in [-0.2, 0) is 6.54 Å². The Morgan fingerprint density at radius 2 is 1.86 bits per heavy atom. The Morgan fingerprint density at radius 1 is 1.05 bits per heavy atom. The zero-order valence-electron chi connectivity index (χ0n) is 13.6. The third kappa shape index (κ3) is 5.78. The molecule has 0 unspecified atom stereocenters. The molecule has 2 rings (SSSR count). The van der Waals surface area contributed by atoms with E-state index < -0.39 is 0 Å². The van der Waals surface area contributed by atoms with Crippen LogP contribution in [-0.4, -0.2) is 31.6 Å². The first kappa shape index (κ1) is 16.4. The van der Waals surface area contributed by atoms with Crippen molar-refractivity contribution in [1.29, 1.82) is 0 Å². The zero-order valence-corrected chi connectivity index (χ0v) is 13.6. The first-order chi connectivity index (χ1) is 10.8. The molecule has 0 heterocycles. The van der Waals surface area contributed by atoms with Crippen LogP contribution in [0.25, 0.3) is 0 Å². The highest BCUT2D eigenvalue weighted by Gasteiger charge is 2.00. The predicted molar refractivity (Wildman–Crippen MR) is 93.5 cm³/mol. The van der Waals surface area contributed by atoms with Crippen molar-refractivity contribution in [3.05, 3.63) is 60.2 Å². The number of ether oxygens (including phenoxy) is 1. The van der Waals surface area contributed by atoms with Crippen LogP contribution in [0.1, 0.15) is 18.9 Å².